The Kier molecular flexibility index (Phi) is 4.57. The highest BCUT2D eigenvalue weighted by Gasteiger charge is 2.24. The largest absolute Gasteiger partial charge is 0.372 e. The fourth-order valence-corrected chi connectivity index (χ4v) is 3.24. The molecule has 1 aromatic carbocycles. The number of hydrogen-bond acceptors (Lipinski definition) is 4. The number of carbonyl (C=O) groups is 1. The van der Waals surface area contributed by atoms with Crippen LogP contribution in [0.5, 0.6) is 0 Å². The number of anilines is 2. The molecule has 0 saturated carbocycles. The highest BCUT2D eigenvalue weighted by molar-refractivity contribution is 6.05. The minimum atomic E-state index is -0.153. The van der Waals surface area contributed by atoms with Crippen molar-refractivity contribution in [3.63, 3.8) is 0 Å². The van der Waals surface area contributed by atoms with E-state index in [4.69, 9.17) is 4.74 Å². The van der Waals surface area contributed by atoms with Gasteiger partial charge < -0.3 is 15.0 Å². The third-order valence-electron chi connectivity index (χ3n) is 4.15. The lowest BCUT2D eigenvalue weighted by molar-refractivity contribution is -0.00517. The van der Waals surface area contributed by atoms with Gasteiger partial charge in [0.25, 0.3) is 5.91 Å². The van der Waals surface area contributed by atoms with Crippen molar-refractivity contribution in [1.29, 1.82) is 0 Å². The number of benzene rings is 1. The minimum absolute atomic E-state index is 0.153. The van der Waals surface area contributed by atoms with Crippen LogP contribution >= 0.6 is 0 Å². The second-order valence-electron chi connectivity index (χ2n) is 6.43. The number of carbonyl (C=O) groups excluding carboxylic acids is 1. The Morgan fingerprint density at radius 3 is 2.54 bits per heavy atom. The molecular formula is C18H24N4O2. The summed E-state index contributed by atoms with van der Waals surface area (Å²) in [7, 11) is 1.78. The van der Waals surface area contributed by atoms with Gasteiger partial charge in [-0.2, -0.15) is 5.10 Å². The van der Waals surface area contributed by atoms with Crippen LogP contribution in [-0.4, -0.2) is 41.0 Å². The van der Waals surface area contributed by atoms with Crippen molar-refractivity contribution in [2.45, 2.75) is 33.0 Å². The van der Waals surface area contributed by atoms with Crippen LogP contribution in [0, 0.1) is 6.92 Å². The summed E-state index contributed by atoms with van der Waals surface area (Å²) in [5.74, 6) is -0.153. The van der Waals surface area contributed by atoms with Crippen LogP contribution in [0.2, 0.25) is 0 Å². The maximum Gasteiger partial charge on any atom is 0.273 e. The van der Waals surface area contributed by atoms with Gasteiger partial charge in [0, 0.05) is 20.1 Å². The van der Waals surface area contributed by atoms with E-state index in [2.05, 4.69) is 29.2 Å². The van der Waals surface area contributed by atoms with E-state index in [9.17, 15) is 4.79 Å². The molecule has 6 nitrogen and oxygen atoms in total. The molecule has 1 aliphatic rings. The number of ether oxygens (including phenoxy) is 1. The van der Waals surface area contributed by atoms with E-state index in [1.54, 1.807) is 17.8 Å². The third kappa shape index (κ3) is 3.43. The molecule has 2 atom stereocenters. The number of amides is 1. The second-order valence-corrected chi connectivity index (χ2v) is 6.43. The molecule has 0 radical (unpaired) electrons. The SMILES string of the molecule is Cc1cc(C(=O)Nc2ccccc2N2C[C@H](C)O[C@@H](C)C2)n(C)n1. The summed E-state index contributed by atoms with van der Waals surface area (Å²) >= 11 is 0. The number of nitrogens with one attached hydrogen (secondary N) is 1. The number of rotatable bonds is 3. The van der Waals surface area contributed by atoms with Gasteiger partial charge in [0.05, 0.1) is 29.3 Å². The molecule has 128 valence electrons. The highest BCUT2D eigenvalue weighted by Crippen LogP contribution is 2.28. The quantitative estimate of drug-likeness (QED) is 0.941. The fourth-order valence-electron chi connectivity index (χ4n) is 3.24. The average Bonchev–Trinajstić information content (AvgIpc) is 2.85. The predicted octanol–water partition coefficient (Wildman–Crippen LogP) is 2.59. The van der Waals surface area contributed by atoms with Gasteiger partial charge in [0.1, 0.15) is 5.69 Å². The Morgan fingerprint density at radius 2 is 1.92 bits per heavy atom. The van der Waals surface area contributed by atoms with Crippen molar-refractivity contribution < 1.29 is 9.53 Å². The lowest BCUT2D eigenvalue weighted by Crippen LogP contribution is -2.45. The number of nitrogens with zero attached hydrogens (tertiary/aromatic N) is 3. The maximum absolute atomic E-state index is 12.6. The van der Waals surface area contributed by atoms with E-state index in [0.717, 1.165) is 30.2 Å². The first-order valence-electron chi connectivity index (χ1n) is 8.25. The summed E-state index contributed by atoms with van der Waals surface area (Å²) in [5.41, 5.74) is 3.20. The van der Waals surface area contributed by atoms with Crippen molar-refractivity contribution in [3.05, 3.63) is 41.7 Å². The lowest BCUT2D eigenvalue weighted by Gasteiger charge is -2.37. The fraction of sp³-hybridized carbons (Fsp3) is 0.444. The Balaban J connectivity index is 1.84. The topological polar surface area (TPSA) is 59.4 Å². The number of morpholine rings is 1. The second kappa shape index (κ2) is 6.65. The average molecular weight is 328 g/mol. The van der Waals surface area contributed by atoms with Gasteiger partial charge in [-0.1, -0.05) is 12.1 Å². The monoisotopic (exact) mass is 328 g/mol. The van der Waals surface area contributed by atoms with E-state index in [1.807, 2.05) is 31.2 Å². The van der Waals surface area contributed by atoms with Crippen LogP contribution in [0.4, 0.5) is 11.4 Å². The van der Waals surface area contributed by atoms with E-state index in [0.29, 0.717) is 5.69 Å². The van der Waals surface area contributed by atoms with Crippen LogP contribution in [0.15, 0.2) is 30.3 Å². The van der Waals surface area contributed by atoms with Crippen molar-refractivity contribution in [3.8, 4) is 0 Å². The van der Waals surface area contributed by atoms with Gasteiger partial charge in [-0.25, -0.2) is 0 Å². The van der Waals surface area contributed by atoms with E-state index in [1.165, 1.54) is 0 Å². The summed E-state index contributed by atoms with van der Waals surface area (Å²) in [6, 6.07) is 9.68. The number of aromatic nitrogens is 2. The highest BCUT2D eigenvalue weighted by atomic mass is 16.5. The van der Waals surface area contributed by atoms with E-state index in [-0.39, 0.29) is 18.1 Å². The molecule has 2 aromatic rings. The van der Waals surface area contributed by atoms with E-state index >= 15 is 0 Å². The van der Waals surface area contributed by atoms with Gasteiger partial charge >= 0.3 is 0 Å². The van der Waals surface area contributed by atoms with E-state index < -0.39 is 0 Å². The molecule has 2 heterocycles. The van der Waals surface area contributed by atoms with Gasteiger partial charge in [0.15, 0.2) is 0 Å². The zero-order chi connectivity index (χ0) is 17.3. The Bertz CT molecular complexity index is 730. The molecule has 1 amide bonds. The summed E-state index contributed by atoms with van der Waals surface area (Å²) in [6.45, 7) is 7.63. The Morgan fingerprint density at radius 1 is 1.25 bits per heavy atom. The van der Waals surface area contributed by atoms with Crippen LogP contribution < -0.4 is 10.2 Å². The smallest absolute Gasteiger partial charge is 0.273 e. The third-order valence-corrected chi connectivity index (χ3v) is 4.15. The minimum Gasteiger partial charge on any atom is -0.372 e. The molecule has 1 saturated heterocycles. The van der Waals surface area contributed by atoms with Crippen molar-refractivity contribution in [1.82, 2.24) is 9.78 Å². The molecular weight excluding hydrogens is 304 g/mol. The first-order valence-corrected chi connectivity index (χ1v) is 8.25. The number of hydrogen-bond donors (Lipinski definition) is 1. The van der Waals surface area contributed by atoms with Crippen LogP contribution in [0.3, 0.4) is 0 Å². The first-order chi connectivity index (χ1) is 11.4. The van der Waals surface area contributed by atoms with Crippen molar-refractivity contribution >= 4 is 17.3 Å². The molecule has 1 fully saturated rings. The predicted molar refractivity (Wildman–Crippen MR) is 94.6 cm³/mol. The van der Waals surface area contributed by atoms with Gasteiger partial charge in [0.2, 0.25) is 0 Å². The summed E-state index contributed by atoms with van der Waals surface area (Å²) < 4.78 is 7.41. The number of para-hydroxylation sites is 2. The molecule has 6 heteroatoms. The molecule has 1 N–H and O–H groups in total. The normalized spacial score (nSPS) is 20.9. The molecule has 24 heavy (non-hydrogen) atoms. The van der Waals surface area contributed by atoms with Crippen LogP contribution in [-0.2, 0) is 11.8 Å². The summed E-state index contributed by atoms with van der Waals surface area (Å²) in [5, 5.41) is 7.26. The molecule has 0 spiro atoms. The zero-order valence-corrected chi connectivity index (χ0v) is 14.6. The van der Waals surface area contributed by atoms with Gasteiger partial charge in [-0.15, -0.1) is 0 Å². The lowest BCUT2D eigenvalue weighted by atomic mass is 10.1. The molecule has 3 rings (SSSR count). The molecule has 0 bridgehead atoms. The Labute approximate surface area is 142 Å². The first kappa shape index (κ1) is 16.5. The summed E-state index contributed by atoms with van der Waals surface area (Å²) in [4.78, 5) is 14.9. The Hall–Kier alpha value is -2.34. The molecule has 1 aliphatic heterocycles. The standard InChI is InChI=1S/C18H24N4O2/c1-12-9-17(21(4)20-12)18(23)19-15-7-5-6-8-16(15)22-10-13(2)24-14(3)11-22/h5-9,13-14H,10-11H2,1-4H3,(H,19,23)/t13-,14-/m0/s1. The van der Waals surface area contributed by atoms with Gasteiger partial charge in [-0.05, 0) is 39.0 Å². The number of aryl methyl sites for hydroxylation is 2. The summed E-state index contributed by atoms with van der Waals surface area (Å²) in [6.07, 6.45) is 0.328. The van der Waals surface area contributed by atoms with Crippen LogP contribution in [0.25, 0.3) is 0 Å². The molecule has 0 aliphatic carbocycles. The van der Waals surface area contributed by atoms with Crippen molar-refractivity contribution in [2.75, 3.05) is 23.3 Å². The van der Waals surface area contributed by atoms with Crippen LogP contribution in [0.1, 0.15) is 30.0 Å². The van der Waals surface area contributed by atoms with Crippen molar-refractivity contribution in [2.24, 2.45) is 7.05 Å². The maximum atomic E-state index is 12.6. The molecule has 0 unspecified atom stereocenters. The molecule has 1 aromatic heterocycles. The van der Waals surface area contributed by atoms with Gasteiger partial charge in [-0.3, -0.25) is 9.48 Å². The zero-order valence-electron chi connectivity index (χ0n) is 14.6.